The Hall–Kier alpha value is -3.92. The Bertz CT molecular complexity index is 1360. The van der Waals surface area contributed by atoms with Crippen LogP contribution in [0.15, 0.2) is 60.9 Å². The van der Waals surface area contributed by atoms with E-state index < -0.39 is 11.7 Å². The van der Waals surface area contributed by atoms with Crippen molar-refractivity contribution >= 4 is 16.6 Å². The molecule has 1 aliphatic carbocycles. The summed E-state index contributed by atoms with van der Waals surface area (Å²) in [6.07, 6.45) is 4.49. The van der Waals surface area contributed by atoms with E-state index in [0.29, 0.717) is 27.8 Å². The number of hydrogen-bond acceptors (Lipinski definition) is 7. The number of rotatable bonds is 5. The molecule has 1 aliphatic rings. The molecule has 0 aliphatic heterocycles. The first-order valence-corrected chi connectivity index (χ1v) is 12.3. The Labute approximate surface area is 218 Å². The van der Waals surface area contributed by atoms with Crippen LogP contribution in [0.2, 0.25) is 0 Å². The van der Waals surface area contributed by atoms with E-state index in [4.69, 9.17) is 20.3 Å². The third-order valence-electron chi connectivity index (χ3n) is 6.30. The van der Waals surface area contributed by atoms with Crippen LogP contribution < -0.4 is 15.2 Å². The minimum Gasteiger partial charge on any atom is -0.497 e. The van der Waals surface area contributed by atoms with Crippen LogP contribution in [0.1, 0.15) is 43.2 Å². The first kappa shape index (κ1) is 27.1. The van der Waals surface area contributed by atoms with Crippen molar-refractivity contribution in [2.45, 2.75) is 51.0 Å². The van der Waals surface area contributed by atoms with E-state index in [2.05, 4.69) is 15.2 Å². The number of aliphatic hydroxyl groups is 1. The fourth-order valence-corrected chi connectivity index (χ4v) is 4.19. The molecule has 1 fully saturated rings. The fraction of sp³-hybridized carbons (Fsp3) is 0.321. The standard InChI is InChI=1S/C22H17F3N4O2.C6H12O/c1-30-15-5-2-13(3-6-15)12-31-19-10-14(22(23,24)25)4-7-17(19)20-16-8-9-27-11-18(16)21(26)29-28-20;7-6-4-2-1-3-5-6/h2-11H,12H2,1H3,(H2,26,29);6-7H,1-5H2. The molecule has 0 atom stereocenters. The maximum atomic E-state index is 13.3. The zero-order valence-electron chi connectivity index (χ0n) is 20.9. The third-order valence-corrected chi connectivity index (χ3v) is 6.30. The summed E-state index contributed by atoms with van der Waals surface area (Å²) in [7, 11) is 1.55. The summed E-state index contributed by atoms with van der Waals surface area (Å²) in [5.74, 6) is 0.878. The molecule has 38 heavy (non-hydrogen) atoms. The van der Waals surface area contributed by atoms with Gasteiger partial charge in [-0.15, -0.1) is 10.2 Å². The Morgan fingerprint density at radius 3 is 2.34 bits per heavy atom. The predicted octanol–water partition coefficient (Wildman–Crippen LogP) is 6.19. The first-order chi connectivity index (χ1) is 18.3. The molecule has 0 saturated heterocycles. The molecule has 0 radical (unpaired) electrons. The molecule has 0 spiro atoms. The minimum absolute atomic E-state index is 0.0304. The number of aromatic nitrogens is 3. The van der Waals surface area contributed by atoms with Crippen molar-refractivity contribution < 1.29 is 27.8 Å². The van der Waals surface area contributed by atoms with Gasteiger partial charge in [0.2, 0.25) is 0 Å². The van der Waals surface area contributed by atoms with Crippen LogP contribution in [0.25, 0.3) is 22.0 Å². The van der Waals surface area contributed by atoms with Crippen LogP contribution in [-0.2, 0) is 12.8 Å². The molecular weight excluding hydrogens is 497 g/mol. The number of benzene rings is 2. The summed E-state index contributed by atoms with van der Waals surface area (Å²) in [6.45, 7) is 0.0557. The maximum absolute atomic E-state index is 13.3. The van der Waals surface area contributed by atoms with Gasteiger partial charge in [0.15, 0.2) is 5.82 Å². The number of pyridine rings is 1. The van der Waals surface area contributed by atoms with Gasteiger partial charge in [0.25, 0.3) is 0 Å². The first-order valence-electron chi connectivity index (χ1n) is 12.3. The summed E-state index contributed by atoms with van der Waals surface area (Å²) in [6, 6.07) is 12.0. The van der Waals surface area contributed by atoms with E-state index in [0.717, 1.165) is 30.5 Å². The number of hydrogen-bond donors (Lipinski definition) is 2. The van der Waals surface area contributed by atoms with E-state index in [9.17, 15) is 13.2 Å². The van der Waals surface area contributed by atoms with Crippen molar-refractivity contribution in [3.63, 3.8) is 0 Å². The van der Waals surface area contributed by atoms with Crippen LogP contribution in [0.3, 0.4) is 0 Å². The molecule has 1 saturated carbocycles. The summed E-state index contributed by atoms with van der Waals surface area (Å²) in [5.41, 5.74) is 6.54. The molecule has 2 heterocycles. The molecule has 2 aromatic heterocycles. The zero-order valence-corrected chi connectivity index (χ0v) is 20.9. The van der Waals surface area contributed by atoms with Crippen molar-refractivity contribution in [3.05, 3.63) is 72.1 Å². The van der Waals surface area contributed by atoms with Gasteiger partial charge in [-0.25, -0.2) is 0 Å². The van der Waals surface area contributed by atoms with Crippen LogP contribution >= 0.6 is 0 Å². The average molecular weight is 527 g/mol. The molecule has 7 nitrogen and oxygen atoms in total. The van der Waals surface area contributed by atoms with Crippen LogP contribution in [0.5, 0.6) is 11.5 Å². The number of ether oxygens (including phenoxy) is 2. The molecule has 0 amide bonds. The maximum Gasteiger partial charge on any atom is 0.416 e. The molecule has 0 unspecified atom stereocenters. The Balaban J connectivity index is 0.000000417. The predicted molar refractivity (Wildman–Crippen MR) is 139 cm³/mol. The third kappa shape index (κ3) is 6.69. The number of nitrogen functional groups attached to an aromatic ring is 1. The Morgan fingerprint density at radius 2 is 1.71 bits per heavy atom. The zero-order chi connectivity index (χ0) is 27.1. The number of nitrogens with two attached hydrogens (primary N) is 1. The van der Waals surface area contributed by atoms with Crippen LogP contribution in [0, 0.1) is 0 Å². The number of anilines is 1. The van der Waals surface area contributed by atoms with Crippen molar-refractivity contribution in [1.29, 1.82) is 0 Å². The van der Waals surface area contributed by atoms with Gasteiger partial charge in [0.05, 0.1) is 18.8 Å². The Kier molecular flexibility index (Phi) is 8.62. The van der Waals surface area contributed by atoms with Gasteiger partial charge in [0.1, 0.15) is 23.8 Å². The molecular formula is C28H29F3N4O3. The van der Waals surface area contributed by atoms with E-state index in [1.165, 1.54) is 31.5 Å². The number of fused-ring (bicyclic) bond motifs is 1. The summed E-state index contributed by atoms with van der Waals surface area (Å²) in [5, 5.41) is 18.1. The normalized spacial score (nSPS) is 14.0. The van der Waals surface area contributed by atoms with Gasteiger partial charge >= 0.3 is 6.18 Å². The number of methoxy groups -OCH3 is 1. The van der Waals surface area contributed by atoms with Crippen LogP contribution in [-0.4, -0.2) is 33.5 Å². The van der Waals surface area contributed by atoms with E-state index in [1.54, 1.807) is 43.6 Å². The molecule has 10 heteroatoms. The lowest BCUT2D eigenvalue weighted by Gasteiger charge is -2.16. The molecule has 3 N–H and O–H groups in total. The van der Waals surface area contributed by atoms with Crippen molar-refractivity contribution in [2.75, 3.05) is 12.8 Å². The van der Waals surface area contributed by atoms with Crippen molar-refractivity contribution in [2.24, 2.45) is 0 Å². The van der Waals surface area contributed by atoms with Gasteiger partial charge in [0, 0.05) is 28.7 Å². The second-order valence-corrected chi connectivity index (χ2v) is 8.99. The van der Waals surface area contributed by atoms with E-state index >= 15 is 0 Å². The molecule has 4 aromatic rings. The smallest absolute Gasteiger partial charge is 0.416 e. The molecule has 200 valence electrons. The quantitative estimate of drug-likeness (QED) is 0.320. The van der Waals surface area contributed by atoms with Gasteiger partial charge in [-0.05, 0) is 54.8 Å². The number of halogens is 3. The minimum atomic E-state index is -4.52. The van der Waals surface area contributed by atoms with E-state index in [1.807, 2.05) is 0 Å². The highest BCUT2D eigenvalue weighted by Crippen LogP contribution is 2.39. The molecule has 2 aromatic carbocycles. The van der Waals surface area contributed by atoms with Gasteiger partial charge in [-0.2, -0.15) is 13.2 Å². The average Bonchev–Trinajstić information content (AvgIpc) is 2.93. The molecule has 0 bridgehead atoms. The lowest BCUT2D eigenvalue weighted by Crippen LogP contribution is -2.09. The van der Waals surface area contributed by atoms with Gasteiger partial charge in [-0.3, -0.25) is 4.98 Å². The van der Waals surface area contributed by atoms with Crippen molar-refractivity contribution in [1.82, 2.24) is 15.2 Å². The Morgan fingerprint density at radius 1 is 0.974 bits per heavy atom. The highest BCUT2D eigenvalue weighted by molar-refractivity contribution is 5.99. The highest BCUT2D eigenvalue weighted by atomic mass is 19.4. The number of alkyl halides is 3. The highest BCUT2D eigenvalue weighted by Gasteiger charge is 2.32. The fourth-order valence-electron chi connectivity index (χ4n) is 4.19. The second-order valence-electron chi connectivity index (χ2n) is 8.99. The number of aliphatic hydroxyl groups excluding tert-OH is 1. The summed E-state index contributed by atoms with van der Waals surface area (Å²) in [4.78, 5) is 4.03. The van der Waals surface area contributed by atoms with Gasteiger partial charge in [-0.1, -0.05) is 31.4 Å². The summed E-state index contributed by atoms with van der Waals surface area (Å²) >= 11 is 0. The SMILES string of the molecule is COc1ccc(COc2cc(C(F)(F)F)ccc2-c2nnc(N)c3cnccc23)cc1.OC1CCCCC1. The molecule has 5 rings (SSSR count). The monoisotopic (exact) mass is 526 g/mol. The lowest BCUT2D eigenvalue weighted by atomic mass is 9.98. The van der Waals surface area contributed by atoms with Gasteiger partial charge < -0.3 is 20.3 Å². The summed E-state index contributed by atoms with van der Waals surface area (Å²) < 4.78 is 50.9. The number of nitrogens with zero attached hydrogens (tertiary/aromatic N) is 3. The van der Waals surface area contributed by atoms with Crippen molar-refractivity contribution in [3.8, 4) is 22.8 Å². The van der Waals surface area contributed by atoms with Crippen LogP contribution in [0.4, 0.5) is 19.0 Å². The van der Waals surface area contributed by atoms with E-state index in [-0.39, 0.29) is 24.3 Å². The largest absolute Gasteiger partial charge is 0.497 e. The lowest BCUT2D eigenvalue weighted by molar-refractivity contribution is -0.137. The second kappa shape index (κ2) is 12.1. The topological polar surface area (TPSA) is 103 Å².